The predicted octanol–water partition coefficient (Wildman–Crippen LogP) is 2.06. The van der Waals surface area contributed by atoms with Crippen LogP contribution in [0.3, 0.4) is 0 Å². The molecule has 0 heterocycles. The normalized spacial score (nSPS) is 15.3. The van der Waals surface area contributed by atoms with Gasteiger partial charge in [-0.25, -0.2) is 4.99 Å². The zero-order chi connectivity index (χ0) is 19.5. The Morgan fingerprint density at radius 3 is 2.59 bits per heavy atom. The Hall–Kier alpha value is -2.08. The Balaban J connectivity index is 1.85. The molecule has 1 aliphatic rings. The van der Waals surface area contributed by atoms with E-state index in [4.69, 9.17) is 4.74 Å². The number of nitrogens with zero attached hydrogens (tertiary/aromatic N) is 2. The number of amides is 1. The fraction of sp³-hybridized carbons (Fsp3) is 0.619. The van der Waals surface area contributed by atoms with E-state index in [0.717, 1.165) is 39.1 Å². The van der Waals surface area contributed by atoms with Crippen LogP contribution < -0.4 is 10.6 Å². The van der Waals surface area contributed by atoms with E-state index in [0.29, 0.717) is 11.4 Å². The lowest BCUT2D eigenvalue weighted by Crippen LogP contribution is -2.42. The number of hydrogen-bond acceptors (Lipinski definition) is 3. The maximum atomic E-state index is 11.9. The number of carbonyl (C=O) groups excluding carboxylic acids is 1. The molecule has 150 valence electrons. The molecule has 2 N–H and O–H groups in total. The largest absolute Gasteiger partial charge is 0.382 e. The number of hydrogen-bond donors (Lipinski definition) is 2. The first-order valence-corrected chi connectivity index (χ1v) is 9.89. The molecule has 0 radical (unpaired) electrons. The predicted molar refractivity (Wildman–Crippen MR) is 110 cm³/mol. The number of ether oxygens (including phenoxy) is 1. The third-order valence-electron chi connectivity index (χ3n) is 4.99. The molecule has 1 fully saturated rings. The van der Waals surface area contributed by atoms with E-state index in [1.54, 1.807) is 19.0 Å². The molecule has 0 unspecified atom stereocenters. The molecule has 1 aliphatic carbocycles. The molecular formula is C21H34N4O2. The van der Waals surface area contributed by atoms with Crippen LogP contribution in [-0.4, -0.2) is 63.7 Å². The fourth-order valence-electron chi connectivity index (χ4n) is 2.83. The van der Waals surface area contributed by atoms with E-state index < -0.39 is 0 Å². The van der Waals surface area contributed by atoms with Crippen LogP contribution in [0.1, 0.15) is 31.7 Å². The zero-order valence-corrected chi connectivity index (χ0v) is 17.0. The molecule has 0 aliphatic heterocycles. The lowest BCUT2D eigenvalue weighted by atomic mass is 10.0. The number of rotatable bonds is 11. The summed E-state index contributed by atoms with van der Waals surface area (Å²) in [6.45, 7) is 5.40. The molecule has 0 aromatic heterocycles. The molecule has 6 heteroatoms. The quantitative estimate of drug-likeness (QED) is 0.353. The summed E-state index contributed by atoms with van der Waals surface area (Å²) in [7, 11) is 3.50. The van der Waals surface area contributed by atoms with Crippen molar-refractivity contribution in [1.82, 2.24) is 15.5 Å². The minimum absolute atomic E-state index is 0.00311. The smallest absolute Gasteiger partial charge is 0.243 e. The topological polar surface area (TPSA) is 66.0 Å². The molecule has 1 aromatic carbocycles. The molecule has 0 atom stereocenters. The fourth-order valence-corrected chi connectivity index (χ4v) is 2.83. The Morgan fingerprint density at radius 2 is 1.96 bits per heavy atom. The van der Waals surface area contributed by atoms with Crippen molar-refractivity contribution < 1.29 is 9.53 Å². The Morgan fingerprint density at radius 1 is 1.22 bits per heavy atom. The standard InChI is InChI=1S/C21H34N4O2/c1-4-27-15-13-21(11-12-21)17-24-20(23-16-19(26)25(2)3)22-14-10-18-8-6-5-7-9-18/h5-9H,4,10-17H2,1-3H3,(H2,22,23,24). The second-order valence-corrected chi connectivity index (χ2v) is 7.42. The van der Waals surface area contributed by atoms with Gasteiger partial charge in [0.2, 0.25) is 5.91 Å². The second kappa shape index (κ2) is 10.9. The summed E-state index contributed by atoms with van der Waals surface area (Å²) in [5.41, 5.74) is 1.60. The van der Waals surface area contributed by atoms with E-state index in [2.05, 4.69) is 27.8 Å². The molecule has 0 spiro atoms. The van der Waals surface area contributed by atoms with Crippen LogP contribution >= 0.6 is 0 Å². The van der Waals surface area contributed by atoms with Crippen LogP contribution in [0.5, 0.6) is 0 Å². The minimum atomic E-state index is -0.00311. The molecule has 6 nitrogen and oxygen atoms in total. The van der Waals surface area contributed by atoms with Crippen LogP contribution in [-0.2, 0) is 16.0 Å². The average Bonchev–Trinajstić information content (AvgIpc) is 3.44. The molecular weight excluding hydrogens is 340 g/mol. The van der Waals surface area contributed by atoms with Crippen LogP contribution in [0.15, 0.2) is 35.3 Å². The first-order valence-electron chi connectivity index (χ1n) is 9.89. The number of guanidine groups is 1. The molecule has 0 bridgehead atoms. The van der Waals surface area contributed by atoms with Gasteiger partial charge in [0.05, 0.1) is 0 Å². The Kier molecular flexibility index (Phi) is 8.58. The molecule has 1 saturated carbocycles. The first kappa shape index (κ1) is 21.2. The molecule has 1 amide bonds. The summed E-state index contributed by atoms with van der Waals surface area (Å²) < 4.78 is 5.51. The van der Waals surface area contributed by atoms with E-state index in [-0.39, 0.29) is 12.5 Å². The van der Waals surface area contributed by atoms with Gasteiger partial charge in [-0.15, -0.1) is 0 Å². The summed E-state index contributed by atoms with van der Waals surface area (Å²) >= 11 is 0. The Labute approximate surface area is 163 Å². The van der Waals surface area contributed by atoms with Gasteiger partial charge in [-0.1, -0.05) is 30.3 Å². The minimum Gasteiger partial charge on any atom is -0.382 e. The van der Waals surface area contributed by atoms with Crippen molar-refractivity contribution in [2.24, 2.45) is 10.4 Å². The SMILES string of the molecule is CCOCCC1(CNC(=NCC(=O)N(C)C)NCCc2ccccc2)CC1. The zero-order valence-electron chi connectivity index (χ0n) is 17.0. The average molecular weight is 375 g/mol. The highest BCUT2D eigenvalue weighted by Gasteiger charge is 2.41. The molecule has 27 heavy (non-hydrogen) atoms. The van der Waals surface area contributed by atoms with Gasteiger partial charge in [-0.2, -0.15) is 0 Å². The third kappa shape index (κ3) is 7.99. The van der Waals surface area contributed by atoms with Gasteiger partial charge in [-0.05, 0) is 43.6 Å². The number of nitrogens with one attached hydrogen (secondary N) is 2. The van der Waals surface area contributed by atoms with Gasteiger partial charge in [0.25, 0.3) is 0 Å². The van der Waals surface area contributed by atoms with Crippen molar-refractivity contribution in [3.8, 4) is 0 Å². The lowest BCUT2D eigenvalue weighted by Gasteiger charge is -2.19. The highest BCUT2D eigenvalue weighted by molar-refractivity contribution is 5.84. The number of aliphatic imine (C=N–C) groups is 1. The van der Waals surface area contributed by atoms with E-state index >= 15 is 0 Å². The maximum absolute atomic E-state index is 11.9. The van der Waals surface area contributed by atoms with Gasteiger partial charge in [0.15, 0.2) is 5.96 Å². The van der Waals surface area contributed by atoms with Crippen LogP contribution in [0.4, 0.5) is 0 Å². The number of carbonyl (C=O) groups is 1. The number of likely N-dealkylation sites (N-methyl/N-ethyl adjacent to an activating group) is 1. The summed E-state index contributed by atoms with van der Waals surface area (Å²) in [5, 5.41) is 6.81. The summed E-state index contributed by atoms with van der Waals surface area (Å²) in [6, 6.07) is 10.4. The molecule has 1 aromatic rings. The van der Waals surface area contributed by atoms with Crippen molar-refractivity contribution in [2.75, 3.05) is 46.9 Å². The van der Waals surface area contributed by atoms with Crippen molar-refractivity contribution in [1.29, 1.82) is 0 Å². The van der Waals surface area contributed by atoms with Crippen molar-refractivity contribution in [3.05, 3.63) is 35.9 Å². The second-order valence-electron chi connectivity index (χ2n) is 7.42. The van der Waals surface area contributed by atoms with Crippen molar-refractivity contribution in [3.63, 3.8) is 0 Å². The van der Waals surface area contributed by atoms with E-state index in [1.807, 2.05) is 25.1 Å². The van der Waals surface area contributed by atoms with Gasteiger partial charge < -0.3 is 20.3 Å². The van der Waals surface area contributed by atoms with Crippen LogP contribution in [0.25, 0.3) is 0 Å². The third-order valence-corrected chi connectivity index (χ3v) is 4.99. The van der Waals surface area contributed by atoms with Gasteiger partial charge in [0, 0.05) is 40.4 Å². The summed E-state index contributed by atoms with van der Waals surface area (Å²) in [6.07, 6.45) is 4.43. The molecule has 0 saturated heterocycles. The highest BCUT2D eigenvalue weighted by atomic mass is 16.5. The van der Waals surface area contributed by atoms with Gasteiger partial charge in [0.1, 0.15) is 6.54 Å². The van der Waals surface area contributed by atoms with Gasteiger partial charge in [-0.3, -0.25) is 4.79 Å². The summed E-state index contributed by atoms with van der Waals surface area (Å²) in [5.74, 6) is 0.709. The summed E-state index contributed by atoms with van der Waals surface area (Å²) in [4.78, 5) is 17.9. The van der Waals surface area contributed by atoms with Crippen molar-refractivity contribution >= 4 is 11.9 Å². The monoisotopic (exact) mass is 374 g/mol. The lowest BCUT2D eigenvalue weighted by molar-refractivity contribution is -0.127. The highest BCUT2D eigenvalue weighted by Crippen LogP contribution is 2.48. The first-order chi connectivity index (χ1) is 13.0. The van der Waals surface area contributed by atoms with Crippen LogP contribution in [0, 0.1) is 5.41 Å². The van der Waals surface area contributed by atoms with E-state index in [9.17, 15) is 4.79 Å². The number of benzene rings is 1. The Bertz CT molecular complexity index is 597. The van der Waals surface area contributed by atoms with E-state index in [1.165, 1.54) is 18.4 Å². The maximum Gasteiger partial charge on any atom is 0.243 e. The van der Waals surface area contributed by atoms with Gasteiger partial charge >= 0.3 is 0 Å². The van der Waals surface area contributed by atoms with Crippen molar-refractivity contribution in [2.45, 2.75) is 32.6 Å². The van der Waals surface area contributed by atoms with Crippen LogP contribution in [0.2, 0.25) is 0 Å². The molecule has 2 rings (SSSR count).